The number of carbonyl (C=O) groups excluding carboxylic acids is 2. The molecule has 0 spiro atoms. The number of nitrogens with one attached hydrogen (secondary N) is 2. The summed E-state index contributed by atoms with van der Waals surface area (Å²) in [5, 5.41) is 0. The first-order chi connectivity index (χ1) is 11.8. The van der Waals surface area contributed by atoms with Gasteiger partial charge in [0.25, 0.3) is 11.8 Å². The molecule has 0 aliphatic carbocycles. The number of alkyl halides is 3. The van der Waals surface area contributed by atoms with Crippen LogP contribution in [0.3, 0.4) is 0 Å². The van der Waals surface area contributed by atoms with Gasteiger partial charge in [0, 0.05) is 10.7 Å². The lowest BCUT2D eigenvalue weighted by atomic mass is 10.2. The number of hydrazine groups is 1. The SMILES string of the molecule is O=C(NNC(=O)c1cccnc1OCC(F)(F)F)c1ccccc1Br. The molecular formula is C15H11BrF3N3O3. The van der Waals surface area contributed by atoms with E-state index in [1.54, 1.807) is 18.2 Å². The number of hydrogen-bond acceptors (Lipinski definition) is 4. The summed E-state index contributed by atoms with van der Waals surface area (Å²) in [7, 11) is 0. The molecule has 0 aliphatic heterocycles. The van der Waals surface area contributed by atoms with Crippen LogP contribution in [0.15, 0.2) is 47.1 Å². The zero-order valence-electron chi connectivity index (χ0n) is 12.4. The molecule has 0 radical (unpaired) electrons. The van der Waals surface area contributed by atoms with Crippen LogP contribution in [0.25, 0.3) is 0 Å². The van der Waals surface area contributed by atoms with Gasteiger partial charge >= 0.3 is 6.18 Å². The van der Waals surface area contributed by atoms with Crippen molar-refractivity contribution < 1.29 is 27.5 Å². The first kappa shape index (κ1) is 18.7. The number of pyridine rings is 1. The fraction of sp³-hybridized carbons (Fsp3) is 0.133. The number of rotatable bonds is 4. The molecule has 0 unspecified atom stereocenters. The van der Waals surface area contributed by atoms with Crippen LogP contribution in [0.2, 0.25) is 0 Å². The highest BCUT2D eigenvalue weighted by molar-refractivity contribution is 9.10. The van der Waals surface area contributed by atoms with E-state index in [-0.39, 0.29) is 11.1 Å². The van der Waals surface area contributed by atoms with Crippen molar-refractivity contribution in [1.29, 1.82) is 0 Å². The second-order valence-electron chi connectivity index (χ2n) is 4.65. The van der Waals surface area contributed by atoms with Crippen molar-refractivity contribution in [3.8, 4) is 5.88 Å². The predicted molar refractivity (Wildman–Crippen MR) is 84.9 cm³/mol. The number of benzene rings is 1. The molecule has 6 nitrogen and oxygen atoms in total. The van der Waals surface area contributed by atoms with Gasteiger partial charge in [-0.1, -0.05) is 12.1 Å². The van der Waals surface area contributed by atoms with Crippen molar-refractivity contribution in [2.45, 2.75) is 6.18 Å². The van der Waals surface area contributed by atoms with Gasteiger partial charge < -0.3 is 4.74 Å². The maximum Gasteiger partial charge on any atom is 0.422 e. The molecule has 2 aromatic rings. The number of amides is 2. The molecule has 0 fully saturated rings. The maximum atomic E-state index is 12.2. The molecule has 0 saturated heterocycles. The molecule has 2 N–H and O–H groups in total. The normalized spacial score (nSPS) is 10.9. The van der Waals surface area contributed by atoms with E-state index < -0.39 is 30.5 Å². The molecule has 132 valence electrons. The fourth-order valence-corrected chi connectivity index (χ4v) is 2.19. The highest BCUT2D eigenvalue weighted by Gasteiger charge is 2.29. The van der Waals surface area contributed by atoms with Crippen molar-refractivity contribution in [3.05, 3.63) is 58.2 Å². The average Bonchev–Trinajstić information content (AvgIpc) is 2.57. The minimum Gasteiger partial charge on any atom is -0.467 e. The quantitative estimate of drug-likeness (QED) is 0.749. The summed E-state index contributed by atoms with van der Waals surface area (Å²) in [6, 6.07) is 9.07. The van der Waals surface area contributed by atoms with E-state index in [0.29, 0.717) is 4.47 Å². The second-order valence-corrected chi connectivity index (χ2v) is 5.50. The molecule has 0 saturated carbocycles. The number of aromatic nitrogens is 1. The molecule has 0 aliphatic rings. The van der Waals surface area contributed by atoms with E-state index in [1.807, 2.05) is 0 Å². The van der Waals surface area contributed by atoms with Crippen molar-refractivity contribution in [1.82, 2.24) is 15.8 Å². The van der Waals surface area contributed by atoms with E-state index in [0.717, 1.165) is 0 Å². The van der Waals surface area contributed by atoms with Gasteiger partial charge in [0.15, 0.2) is 6.61 Å². The summed E-state index contributed by atoms with van der Waals surface area (Å²) in [5.74, 6) is -1.97. The van der Waals surface area contributed by atoms with Gasteiger partial charge in [-0.3, -0.25) is 20.4 Å². The monoisotopic (exact) mass is 417 g/mol. The lowest BCUT2D eigenvalue weighted by molar-refractivity contribution is -0.154. The van der Waals surface area contributed by atoms with Crippen LogP contribution >= 0.6 is 15.9 Å². The lowest BCUT2D eigenvalue weighted by Crippen LogP contribution is -2.42. The zero-order chi connectivity index (χ0) is 18.4. The third kappa shape index (κ3) is 5.45. The first-order valence-electron chi connectivity index (χ1n) is 6.78. The Morgan fingerprint density at radius 2 is 1.64 bits per heavy atom. The standard InChI is InChI=1S/C15H11BrF3N3O3/c16-11-6-2-1-4-9(11)12(23)21-22-13(24)10-5-3-7-20-14(10)25-8-15(17,18)19/h1-7H,8H2,(H,21,23)(H,22,24). The summed E-state index contributed by atoms with van der Waals surface area (Å²) in [6.07, 6.45) is -3.39. The minimum absolute atomic E-state index is 0.251. The van der Waals surface area contributed by atoms with Gasteiger partial charge in [0.2, 0.25) is 5.88 Å². The Hall–Kier alpha value is -2.62. The van der Waals surface area contributed by atoms with Crippen molar-refractivity contribution in [2.75, 3.05) is 6.61 Å². The van der Waals surface area contributed by atoms with E-state index in [2.05, 4.69) is 36.5 Å². The van der Waals surface area contributed by atoms with E-state index >= 15 is 0 Å². The van der Waals surface area contributed by atoms with Gasteiger partial charge in [-0.25, -0.2) is 4.98 Å². The van der Waals surface area contributed by atoms with Crippen LogP contribution in [0, 0.1) is 0 Å². The molecular weight excluding hydrogens is 407 g/mol. The summed E-state index contributed by atoms with van der Waals surface area (Å²) >= 11 is 3.19. The summed E-state index contributed by atoms with van der Waals surface area (Å²) < 4.78 is 41.7. The van der Waals surface area contributed by atoms with Gasteiger partial charge in [-0.2, -0.15) is 13.2 Å². The van der Waals surface area contributed by atoms with Gasteiger partial charge in [0.1, 0.15) is 5.56 Å². The van der Waals surface area contributed by atoms with Crippen molar-refractivity contribution in [3.63, 3.8) is 0 Å². The molecule has 1 aromatic heterocycles. The second kappa shape index (κ2) is 7.97. The Morgan fingerprint density at radius 3 is 2.28 bits per heavy atom. The number of nitrogens with zero attached hydrogens (tertiary/aromatic N) is 1. The van der Waals surface area contributed by atoms with E-state index in [4.69, 9.17) is 0 Å². The molecule has 0 bridgehead atoms. The molecule has 1 heterocycles. The average molecular weight is 418 g/mol. The van der Waals surface area contributed by atoms with Crippen LogP contribution in [-0.4, -0.2) is 29.6 Å². The Bertz CT molecular complexity index is 784. The zero-order valence-corrected chi connectivity index (χ0v) is 14.0. The van der Waals surface area contributed by atoms with Crippen LogP contribution in [0.4, 0.5) is 13.2 Å². The minimum atomic E-state index is -4.57. The van der Waals surface area contributed by atoms with Gasteiger partial charge in [-0.05, 0) is 40.2 Å². The van der Waals surface area contributed by atoms with Crippen LogP contribution in [0.1, 0.15) is 20.7 Å². The van der Waals surface area contributed by atoms with Crippen LogP contribution < -0.4 is 15.6 Å². The molecule has 0 atom stereocenters. The van der Waals surface area contributed by atoms with E-state index in [1.165, 1.54) is 24.4 Å². The van der Waals surface area contributed by atoms with Crippen LogP contribution in [-0.2, 0) is 0 Å². The van der Waals surface area contributed by atoms with Crippen LogP contribution in [0.5, 0.6) is 5.88 Å². The molecule has 10 heteroatoms. The fourth-order valence-electron chi connectivity index (χ4n) is 1.72. The summed E-state index contributed by atoms with van der Waals surface area (Å²) in [5.41, 5.74) is 4.28. The van der Waals surface area contributed by atoms with Crippen molar-refractivity contribution in [2.24, 2.45) is 0 Å². The molecule has 1 aromatic carbocycles. The third-order valence-corrected chi connectivity index (χ3v) is 3.49. The van der Waals surface area contributed by atoms with Gasteiger partial charge in [0.05, 0.1) is 5.56 Å². The predicted octanol–water partition coefficient (Wildman–Crippen LogP) is 2.86. The molecule has 2 amide bonds. The van der Waals surface area contributed by atoms with Gasteiger partial charge in [-0.15, -0.1) is 0 Å². The third-order valence-electron chi connectivity index (χ3n) is 2.80. The Kier molecular flexibility index (Phi) is 5.97. The topological polar surface area (TPSA) is 80.3 Å². The Balaban J connectivity index is 2.04. The summed E-state index contributed by atoms with van der Waals surface area (Å²) in [4.78, 5) is 27.7. The summed E-state index contributed by atoms with van der Waals surface area (Å²) in [6.45, 7) is -1.59. The van der Waals surface area contributed by atoms with Crippen molar-refractivity contribution >= 4 is 27.7 Å². The molecule has 2 rings (SSSR count). The maximum absolute atomic E-state index is 12.2. The number of hydrogen-bond donors (Lipinski definition) is 2. The highest BCUT2D eigenvalue weighted by atomic mass is 79.9. The Labute approximate surface area is 148 Å². The highest BCUT2D eigenvalue weighted by Crippen LogP contribution is 2.20. The van der Waals surface area contributed by atoms with E-state index in [9.17, 15) is 22.8 Å². The first-order valence-corrected chi connectivity index (χ1v) is 7.57. The number of halogens is 4. The molecule has 25 heavy (non-hydrogen) atoms. The lowest BCUT2D eigenvalue weighted by Gasteiger charge is -2.12. The Morgan fingerprint density at radius 1 is 1.04 bits per heavy atom. The smallest absolute Gasteiger partial charge is 0.422 e. The number of carbonyl (C=O) groups is 2. The largest absolute Gasteiger partial charge is 0.467 e. The number of ether oxygens (including phenoxy) is 1.